The SMILES string of the molecule is [CH2]CC=CCCCCCCCCCCCCCCCCC. The van der Waals surface area contributed by atoms with Gasteiger partial charge in [0.25, 0.3) is 0 Å². The molecule has 0 nitrogen and oxygen atoms in total. The topological polar surface area (TPSA) is 0 Å². The monoisotopic (exact) mass is 293 g/mol. The summed E-state index contributed by atoms with van der Waals surface area (Å²) in [5, 5.41) is 0. The quantitative estimate of drug-likeness (QED) is 0.188. The molecule has 0 bridgehead atoms. The summed E-state index contributed by atoms with van der Waals surface area (Å²) in [7, 11) is 0. The van der Waals surface area contributed by atoms with Gasteiger partial charge in [-0.05, 0) is 26.2 Å². The van der Waals surface area contributed by atoms with Crippen molar-refractivity contribution in [2.45, 2.75) is 116 Å². The van der Waals surface area contributed by atoms with Crippen LogP contribution in [0.25, 0.3) is 0 Å². The van der Waals surface area contributed by atoms with E-state index in [0.717, 1.165) is 6.42 Å². The second-order valence-electron chi connectivity index (χ2n) is 6.50. The largest absolute Gasteiger partial charge is 0.0885 e. The summed E-state index contributed by atoms with van der Waals surface area (Å²) in [5.41, 5.74) is 0. The highest BCUT2D eigenvalue weighted by Crippen LogP contribution is 2.13. The molecular weight excluding hydrogens is 252 g/mol. The van der Waals surface area contributed by atoms with E-state index < -0.39 is 0 Å². The molecule has 0 atom stereocenters. The highest BCUT2D eigenvalue weighted by molar-refractivity contribution is 4.81. The molecule has 0 unspecified atom stereocenters. The first-order chi connectivity index (χ1) is 10.4. The molecule has 0 fully saturated rings. The van der Waals surface area contributed by atoms with Crippen molar-refractivity contribution in [3.63, 3.8) is 0 Å². The van der Waals surface area contributed by atoms with Crippen LogP contribution in [0.3, 0.4) is 0 Å². The maximum atomic E-state index is 3.81. The Kier molecular flexibility index (Phi) is 19.5. The molecule has 0 spiro atoms. The van der Waals surface area contributed by atoms with Gasteiger partial charge in [0.05, 0.1) is 0 Å². The van der Waals surface area contributed by atoms with Gasteiger partial charge in [0.1, 0.15) is 0 Å². The zero-order chi connectivity index (χ0) is 15.4. The zero-order valence-electron chi connectivity index (χ0n) is 14.9. The molecule has 0 saturated carbocycles. The minimum Gasteiger partial charge on any atom is -0.0885 e. The van der Waals surface area contributed by atoms with E-state index in [1.54, 1.807) is 0 Å². The molecule has 0 aromatic carbocycles. The van der Waals surface area contributed by atoms with Crippen molar-refractivity contribution < 1.29 is 0 Å². The van der Waals surface area contributed by atoms with Gasteiger partial charge >= 0.3 is 0 Å². The maximum Gasteiger partial charge on any atom is -0.0351 e. The summed E-state index contributed by atoms with van der Waals surface area (Å²) in [5.74, 6) is 0. The van der Waals surface area contributed by atoms with Crippen LogP contribution < -0.4 is 0 Å². The van der Waals surface area contributed by atoms with E-state index in [2.05, 4.69) is 26.0 Å². The first-order valence-corrected chi connectivity index (χ1v) is 9.86. The Balaban J connectivity index is 2.95. The van der Waals surface area contributed by atoms with Crippen LogP contribution in [0, 0.1) is 6.92 Å². The lowest BCUT2D eigenvalue weighted by Gasteiger charge is -2.03. The van der Waals surface area contributed by atoms with Crippen molar-refractivity contribution in [1.82, 2.24) is 0 Å². The van der Waals surface area contributed by atoms with Crippen molar-refractivity contribution >= 4 is 0 Å². The Morgan fingerprint density at radius 1 is 0.524 bits per heavy atom. The van der Waals surface area contributed by atoms with Crippen molar-refractivity contribution in [3.8, 4) is 0 Å². The number of allylic oxidation sites excluding steroid dienone is 2. The van der Waals surface area contributed by atoms with Gasteiger partial charge in [0, 0.05) is 0 Å². The standard InChI is InChI=1S/C21H41/c1-3-5-7-9-11-13-15-17-19-21-20-18-16-14-12-10-8-6-4-2/h5,7H,1,3-4,6,8-21H2,2H3. The molecule has 1 radical (unpaired) electrons. The second-order valence-corrected chi connectivity index (χ2v) is 6.50. The highest BCUT2D eigenvalue weighted by Gasteiger charge is 1.93. The molecule has 0 rings (SSSR count). The van der Waals surface area contributed by atoms with Crippen LogP contribution in [0.2, 0.25) is 0 Å². The summed E-state index contributed by atoms with van der Waals surface area (Å²) >= 11 is 0. The molecule has 0 heterocycles. The average Bonchev–Trinajstić information content (AvgIpc) is 2.50. The molecule has 125 valence electrons. The lowest BCUT2D eigenvalue weighted by molar-refractivity contribution is 0.533. The Hall–Kier alpha value is -0.260. The van der Waals surface area contributed by atoms with E-state index in [1.165, 1.54) is 103 Å². The number of hydrogen-bond donors (Lipinski definition) is 0. The van der Waals surface area contributed by atoms with Crippen molar-refractivity contribution in [2.75, 3.05) is 0 Å². The second kappa shape index (κ2) is 19.7. The lowest BCUT2D eigenvalue weighted by atomic mass is 10.0. The fourth-order valence-electron chi connectivity index (χ4n) is 2.87. The third kappa shape index (κ3) is 19.7. The third-order valence-electron chi connectivity index (χ3n) is 4.31. The third-order valence-corrected chi connectivity index (χ3v) is 4.31. The molecule has 0 aliphatic heterocycles. The van der Waals surface area contributed by atoms with Crippen molar-refractivity contribution in [2.24, 2.45) is 0 Å². The first-order valence-electron chi connectivity index (χ1n) is 9.86. The Labute approximate surface area is 135 Å². The normalized spacial score (nSPS) is 11.5. The Bertz CT molecular complexity index is 192. The minimum absolute atomic E-state index is 0.943. The molecule has 0 aromatic rings. The van der Waals surface area contributed by atoms with Gasteiger partial charge in [-0.3, -0.25) is 0 Å². The molecule has 0 aliphatic carbocycles. The number of unbranched alkanes of at least 4 members (excludes halogenated alkanes) is 15. The summed E-state index contributed by atoms with van der Waals surface area (Å²) in [6.07, 6.45) is 28.4. The number of hydrogen-bond acceptors (Lipinski definition) is 0. The minimum atomic E-state index is 0.943. The molecular formula is C21H41. The van der Waals surface area contributed by atoms with Crippen LogP contribution in [0.5, 0.6) is 0 Å². The molecule has 0 aliphatic rings. The fourth-order valence-corrected chi connectivity index (χ4v) is 2.87. The zero-order valence-corrected chi connectivity index (χ0v) is 14.9. The summed E-state index contributed by atoms with van der Waals surface area (Å²) in [4.78, 5) is 0. The van der Waals surface area contributed by atoms with Crippen LogP contribution in [-0.4, -0.2) is 0 Å². The maximum absolute atomic E-state index is 3.81. The van der Waals surface area contributed by atoms with Crippen LogP contribution in [0.4, 0.5) is 0 Å². The number of rotatable bonds is 17. The van der Waals surface area contributed by atoms with Gasteiger partial charge < -0.3 is 0 Å². The Morgan fingerprint density at radius 2 is 0.905 bits per heavy atom. The summed E-state index contributed by atoms with van der Waals surface area (Å²) in [6.45, 7) is 6.10. The molecule has 0 amide bonds. The van der Waals surface area contributed by atoms with E-state index in [-0.39, 0.29) is 0 Å². The van der Waals surface area contributed by atoms with Crippen molar-refractivity contribution in [1.29, 1.82) is 0 Å². The average molecular weight is 294 g/mol. The van der Waals surface area contributed by atoms with E-state index in [1.807, 2.05) is 0 Å². The van der Waals surface area contributed by atoms with Crippen LogP contribution in [0.15, 0.2) is 12.2 Å². The lowest BCUT2D eigenvalue weighted by Crippen LogP contribution is -1.83. The van der Waals surface area contributed by atoms with Gasteiger partial charge in [-0.1, -0.05) is 109 Å². The molecule has 0 saturated heterocycles. The van der Waals surface area contributed by atoms with Crippen molar-refractivity contribution in [3.05, 3.63) is 19.1 Å². The van der Waals surface area contributed by atoms with E-state index in [9.17, 15) is 0 Å². The van der Waals surface area contributed by atoms with Crippen LogP contribution in [0.1, 0.15) is 116 Å². The predicted octanol–water partition coefficient (Wildman–Crippen LogP) is 8.03. The van der Waals surface area contributed by atoms with E-state index >= 15 is 0 Å². The predicted molar refractivity (Wildman–Crippen MR) is 98.7 cm³/mol. The highest BCUT2D eigenvalue weighted by atomic mass is 14.0. The van der Waals surface area contributed by atoms with Gasteiger partial charge in [0.15, 0.2) is 0 Å². The van der Waals surface area contributed by atoms with Crippen LogP contribution in [-0.2, 0) is 0 Å². The molecule has 21 heavy (non-hydrogen) atoms. The molecule has 0 N–H and O–H groups in total. The van der Waals surface area contributed by atoms with E-state index in [4.69, 9.17) is 0 Å². The van der Waals surface area contributed by atoms with Gasteiger partial charge in [-0.15, -0.1) is 0 Å². The van der Waals surface area contributed by atoms with E-state index in [0.29, 0.717) is 0 Å². The summed E-state index contributed by atoms with van der Waals surface area (Å²) in [6, 6.07) is 0. The van der Waals surface area contributed by atoms with Crippen LogP contribution >= 0.6 is 0 Å². The smallest absolute Gasteiger partial charge is 0.0351 e. The first kappa shape index (κ1) is 20.7. The van der Waals surface area contributed by atoms with Gasteiger partial charge in [-0.2, -0.15) is 0 Å². The van der Waals surface area contributed by atoms with Gasteiger partial charge in [-0.25, -0.2) is 0 Å². The summed E-state index contributed by atoms with van der Waals surface area (Å²) < 4.78 is 0. The molecule has 0 heteroatoms. The Morgan fingerprint density at radius 3 is 1.29 bits per heavy atom. The van der Waals surface area contributed by atoms with Gasteiger partial charge in [0.2, 0.25) is 0 Å². The fraction of sp³-hybridized carbons (Fsp3) is 0.857. The molecule has 0 aromatic heterocycles.